The summed E-state index contributed by atoms with van der Waals surface area (Å²) in [6, 6.07) is 9.40. The van der Waals surface area contributed by atoms with Crippen molar-refractivity contribution >= 4 is 5.91 Å². The Balaban J connectivity index is 1.31. The zero-order valence-electron chi connectivity index (χ0n) is 15.5. The Morgan fingerprint density at radius 3 is 2.78 bits per heavy atom. The van der Waals surface area contributed by atoms with Crippen molar-refractivity contribution in [2.45, 2.75) is 38.2 Å². The lowest BCUT2D eigenvalue weighted by Crippen LogP contribution is -2.52. The fourth-order valence-corrected chi connectivity index (χ4v) is 3.66. The molecule has 1 fully saturated rings. The second-order valence-corrected chi connectivity index (χ2v) is 7.03. The van der Waals surface area contributed by atoms with Gasteiger partial charge < -0.3 is 19.1 Å². The Bertz CT molecular complexity index is 784. The summed E-state index contributed by atoms with van der Waals surface area (Å²) in [5.41, 5.74) is 1.54. The summed E-state index contributed by atoms with van der Waals surface area (Å²) < 4.78 is 18.9. The molecule has 0 unspecified atom stereocenters. The van der Waals surface area contributed by atoms with E-state index in [1.807, 2.05) is 39.9 Å². The summed E-state index contributed by atoms with van der Waals surface area (Å²) in [6.07, 6.45) is 1.56. The fraction of sp³-hybridized carbons (Fsp3) is 0.526. The van der Waals surface area contributed by atoms with Crippen molar-refractivity contribution in [1.29, 1.82) is 0 Å². The van der Waals surface area contributed by atoms with Crippen LogP contribution in [0.1, 0.15) is 24.2 Å². The van der Waals surface area contributed by atoms with E-state index in [1.54, 1.807) is 7.11 Å². The lowest BCUT2D eigenvalue weighted by molar-refractivity contribution is -0.147. The summed E-state index contributed by atoms with van der Waals surface area (Å²) in [5.74, 6) is 0.717. The summed E-state index contributed by atoms with van der Waals surface area (Å²) in [6.45, 7) is 2.97. The minimum atomic E-state index is -0.276. The van der Waals surface area contributed by atoms with Gasteiger partial charge in [0.2, 0.25) is 0 Å². The third-order valence-electron chi connectivity index (χ3n) is 5.29. The maximum Gasteiger partial charge on any atom is 0.260 e. The average molecular weight is 372 g/mol. The number of amides is 1. The van der Waals surface area contributed by atoms with Gasteiger partial charge >= 0.3 is 0 Å². The van der Waals surface area contributed by atoms with Crippen molar-refractivity contribution < 1.29 is 19.0 Å². The Hall–Kier alpha value is -2.45. The number of nitrogens with zero attached hydrogens (tertiary/aromatic N) is 4. The molecule has 0 bridgehead atoms. The summed E-state index contributed by atoms with van der Waals surface area (Å²) >= 11 is 0. The second-order valence-electron chi connectivity index (χ2n) is 7.03. The summed E-state index contributed by atoms with van der Waals surface area (Å²) in [5, 5.41) is 8.44. The SMILES string of the molecule is COCc1nnn2c1COC1(CCN(C(=O)COc3ccccc3)CC1)C2. The molecule has 8 heteroatoms. The van der Waals surface area contributed by atoms with Crippen LogP contribution >= 0.6 is 0 Å². The van der Waals surface area contributed by atoms with Gasteiger partial charge in [0.05, 0.1) is 31.1 Å². The zero-order chi connectivity index (χ0) is 18.7. The van der Waals surface area contributed by atoms with Gasteiger partial charge in [0.25, 0.3) is 5.91 Å². The predicted molar refractivity (Wildman–Crippen MR) is 96.0 cm³/mol. The molecule has 2 aliphatic rings. The molecule has 2 aliphatic heterocycles. The first-order chi connectivity index (χ1) is 13.2. The van der Waals surface area contributed by atoms with Gasteiger partial charge in [-0.3, -0.25) is 4.79 Å². The molecule has 2 aromatic rings. The minimum absolute atomic E-state index is 0.00772. The number of fused-ring (bicyclic) bond motifs is 1. The number of benzene rings is 1. The van der Waals surface area contributed by atoms with Crippen LogP contribution in [0.4, 0.5) is 0 Å². The second kappa shape index (κ2) is 7.66. The van der Waals surface area contributed by atoms with Gasteiger partial charge in [0.15, 0.2) is 6.61 Å². The van der Waals surface area contributed by atoms with Crippen LogP contribution in [0.25, 0.3) is 0 Å². The van der Waals surface area contributed by atoms with E-state index < -0.39 is 0 Å². The number of methoxy groups -OCH3 is 1. The van der Waals surface area contributed by atoms with Gasteiger partial charge in [-0.2, -0.15) is 0 Å². The number of aromatic nitrogens is 3. The topological polar surface area (TPSA) is 78.7 Å². The molecule has 1 spiro atoms. The molecule has 144 valence electrons. The first-order valence-electron chi connectivity index (χ1n) is 9.19. The molecule has 8 nitrogen and oxygen atoms in total. The highest BCUT2D eigenvalue weighted by Gasteiger charge is 2.41. The highest BCUT2D eigenvalue weighted by atomic mass is 16.5. The number of rotatable bonds is 5. The van der Waals surface area contributed by atoms with Crippen molar-refractivity contribution in [2.75, 3.05) is 26.8 Å². The van der Waals surface area contributed by atoms with Crippen LogP contribution < -0.4 is 4.74 Å². The zero-order valence-corrected chi connectivity index (χ0v) is 15.5. The van der Waals surface area contributed by atoms with Gasteiger partial charge in [0, 0.05) is 20.2 Å². The Morgan fingerprint density at radius 2 is 2.04 bits per heavy atom. The standard InChI is InChI=1S/C19H24N4O4/c1-25-11-16-17-12-27-19(14-23(17)21-20-16)7-9-22(10-8-19)18(24)13-26-15-5-3-2-4-6-15/h2-6H,7-14H2,1H3. The van der Waals surface area contributed by atoms with E-state index in [0.29, 0.717) is 38.6 Å². The lowest BCUT2D eigenvalue weighted by atomic mass is 9.90. The molecule has 1 aromatic heterocycles. The van der Waals surface area contributed by atoms with Crippen molar-refractivity contribution in [3.05, 3.63) is 41.7 Å². The van der Waals surface area contributed by atoms with Crippen molar-refractivity contribution in [2.24, 2.45) is 0 Å². The quantitative estimate of drug-likeness (QED) is 0.789. The van der Waals surface area contributed by atoms with Gasteiger partial charge in [-0.15, -0.1) is 5.10 Å². The van der Waals surface area contributed by atoms with Crippen molar-refractivity contribution in [1.82, 2.24) is 19.9 Å². The number of ether oxygens (including phenoxy) is 3. The lowest BCUT2D eigenvalue weighted by Gasteiger charge is -2.43. The minimum Gasteiger partial charge on any atom is -0.484 e. The van der Waals surface area contributed by atoms with Crippen LogP contribution in [0.5, 0.6) is 5.75 Å². The Kier molecular flexibility index (Phi) is 5.09. The molecule has 0 aliphatic carbocycles. The van der Waals surface area contributed by atoms with E-state index in [1.165, 1.54) is 0 Å². The molecule has 0 radical (unpaired) electrons. The summed E-state index contributed by atoms with van der Waals surface area (Å²) in [7, 11) is 1.64. The summed E-state index contributed by atoms with van der Waals surface area (Å²) in [4.78, 5) is 14.3. The third kappa shape index (κ3) is 3.81. The van der Waals surface area contributed by atoms with Crippen LogP contribution in [0.2, 0.25) is 0 Å². The van der Waals surface area contributed by atoms with Crippen molar-refractivity contribution in [3.63, 3.8) is 0 Å². The van der Waals surface area contributed by atoms with Crippen LogP contribution in [0, 0.1) is 0 Å². The molecule has 4 rings (SSSR count). The third-order valence-corrected chi connectivity index (χ3v) is 5.29. The average Bonchev–Trinajstić information content (AvgIpc) is 3.09. The molecule has 1 amide bonds. The number of piperidine rings is 1. The van der Waals surface area contributed by atoms with E-state index >= 15 is 0 Å². The Morgan fingerprint density at radius 1 is 1.26 bits per heavy atom. The molecule has 0 saturated carbocycles. The van der Waals surface area contributed by atoms with Crippen LogP contribution in [0.15, 0.2) is 30.3 Å². The number of hydrogen-bond acceptors (Lipinski definition) is 6. The van der Waals surface area contributed by atoms with Gasteiger partial charge in [-0.05, 0) is 25.0 Å². The highest BCUT2D eigenvalue weighted by Crippen LogP contribution is 2.33. The van der Waals surface area contributed by atoms with E-state index in [-0.39, 0.29) is 18.1 Å². The molecule has 27 heavy (non-hydrogen) atoms. The molecule has 1 saturated heterocycles. The first-order valence-corrected chi connectivity index (χ1v) is 9.19. The molecule has 0 N–H and O–H groups in total. The van der Waals surface area contributed by atoms with Crippen LogP contribution in [-0.2, 0) is 34.0 Å². The molecular weight excluding hydrogens is 348 g/mol. The Labute approximate surface area is 158 Å². The number of likely N-dealkylation sites (tertiary alicyclic amines) is 1. The van der Waals surface area contributed by atoms with E-state index in [4.69, 9.17) is 14.2 Å². The molecule has 0 atom stereocenters. The van der Waals surface area contributed by atoms with Crippen LogP contribution in [0.3, 0.4) is 0 Å². The van der Waals surface area contributed by atoms with E-state index in [9.17, 15) is 4.79 Å². The smallest absolute Gasteiger partial charge is 0.260 e. The van der Waals surface area contributed by atoms with Gasteiger partial charge in [0.1, 0.15) is 11.4 Å². The number of para-hydroxylation sites is 1. The van der Waals surface area contributed by atoms with Gasteiger partial charge in [-0.1, -0.05) is 23.4 Å². The molecular formula is C19H24N4O4. The number of carbonyl (C=O) groups excluding carboxylic acids is 1. The fourth-order valence-electron chi connectivity index (χ4n) is 3.66. The monoisotopic (exact) mass is 372 g/mol. The highest BCUT2D eigenvalue weighted by molar-refractivity contribution is 5.77. The maximum atomic E-state index is 12.4. The van der Waals surface area contributed by atoms with Crippen LogP contribution in [-0.4, -0.2) is 58.2 Å². The molecule has 3 heterocycles. The largest absolute Gasteiger partial charge is 0.484 e. The van der Waals surface area contributed by atoms with E-state index in [2.05, 4.69) is 10.3 Å². The maximum absolute atomic E-state index is 12.4. The first kappa shape index (κ1) is 17.9. The predicted octanol–water partition coefficient (Wildman–Crippen LogP) is 1.39. The normalized spacial score (nSPS) is 18.3. The van der Waals surface area contributed by atoms with Crippen molar-refractivity contribution in [3.8, 4) is 5.75 Å². The molecule has 1 aromatic carbocycles. The number of carbonyl (C=O) groups is 1. The number of hydrogen-bond donors (Lipinski definition) is 0. The van der Waals surface area contributed by atoms with Gasteiger partial charge in [-0.25, -0.2) is 4.68 Å². The van der Waals surface area contributed by atoms with E-state index in [0.717, 1.165) is 24.2 Å².